The molecule has 0 spiro atoms. The quantitative estimate of drug-likeness (QED) is 0.816. The van der Waals surface area contributed by atoms with E-state index in [2.05, 4.69) is 24.1 Å². The summed E-state index contributed by atoms with van der Waals surface area (Å²) in [6, 6.07) is 14.9. The number of rotatable bonds is 6. The van der Waals surface area contributed by atoms with Gasteiger partial charge in [0.05, 0.1) is 11.3 Å². The van der Waals surface area contributed by atoms with E-state index in [1.165, 1.54) is 0 Å². The van der Waals surface area contributed by atoms with E-state index in [-0.39, 0.29) is 18.4 Å². The highest BCUT2D eigenvalue weighted by molar-refractivity contribution is 6.04. The van der Waals surface area contributed by atoms with Crippen molar-refractivity contribution in [2.24, 2.45) is 0 Å². The molecular formula is C23H29N3O3. The molecule has 1 heterocycles. The van der Waals surface area contributed by atoms with Crippen molar-refractivity contribution in [3.8, 4) is 5.75 Å². The normalized spacial score (nSPS) is 14.7. The Labute approximate surface area is 172 Å². The lowest BCUT2D eigenvalue weighted by atomic mass is 10.0. The van der Waals surface area contributed by atoms with Crippen molar-refractivity contribution in [3.63, 3.8) is 0 Å². The van der Waals surface area contributed by atoms with Gasteiger partial charge >= 0.3 is 0 Å². The predicted molar refractivity (Wildman–Crippen MR) is 114 cm³/mol. The second kappa shape index (κ2) is 9.56. The zero-order valence-corrected chi connectivity index (χ0v) is 17.4. The van der Waals surface area contributed by atoms with Crippen LogP contribution in [-0.4, -0.2) is 61.4 Å². The molecule has 1 saturated heterocycles. The van der Waals surface area contributed by atoms with Crippen LogP contribution in [0, 0.1) is 0 Å². The average molecular weight is 396 g/mol. The Morgan fingerprint density at radius 1 is 1.00 bits per heavy atom. The first-order chi connectivity index (χ1) is 14.0. The molecule has 2 aromatic carbocycles. The van der Waals surface area contributed by atoms with Crippen LogP contribution >= 0.6 is 0 Å². The Hall–Kier alpha value is -2.86. The van der Waals surface area contributed by atoms with Gasteiger partial charge in [0.1, 0.15) is 5.75 Å². The van der Waals surface area contributed by atoms with Crippen molar-refractivity contribution in [1.82, 2.24) is 9.80 Å². The van der Waals surface area contributed by atoms with Crippen LogP contribution in [0.3, 0.4) is 0 Å². The lowest BCUT2D eigenvalue weighted by molar-refractivity contribution is -0.118. The molecule has 1 fully saturated rings. The van der Waals surface area contributed by atoms with Crippen molar-refractivity contribution in [2.75, 3.05) is 45.2 Å². The van der Waals surface area contributed by atoms with Crippen LogP contribution in [0.15, 0.2) is 48.5 Å². The molecule has 0 atom stereocenters. The molecule has 0 unspecified atom stereocenters. The molecule has 1 N–H and O–H groups in total. The smallest absolute Gasteiger partial charge is 0.262 e. The van der Waals surface area contributed by atoms with Crippen molar-refractivity contribution in [2.45, 2.75) is 19.8 Å². The number of piperazine rings is 1. The SMILES string of the molecule is CC(C)c1ccccc1OCC(=O)Nc1ccccc1C(=O)N1CCN(C)CC1. The summed E-state index contributed by atoms with van der Waals surface area (Å²) in [5.41, 5.74) is 2.08. The van der Waals surface area contributed by atoms with E-state index < -0.39 is 0 Å². The molecule has 0 bridgehead atoms. The lowest BCUT2D eigenvalue weighted by Crippen LogP contribution is -2.47. The molecule has 3 rings (SSSR count). The van der Waals surface area contributed by atoms with Crippen LogP contribution in [0.5, 0.6) is 5.75 Å². The zero-order chi connectivity index (χ0) is 20.8. The first-order valence-corrected chi connectivity index (χ1v) is 10.0. The molecular weight excluding hydrogens is 366 g/mol. The minimum atomic E-state index is -0.290. The summed E-state index contributed by atoms with van der Waals surface area (Å²) in [6.45, 7) is 7.14. The van der Waals surface area contributed by atoms with E-state index in [0.29, 0.717) is 36.0 Å². The van der Waals surface area contributed by atoms with Gasteiger partial charge in [0.2, 0.25) is 0 Å². The molecule has 0 aromatic heterocycles. The number of likely N-dealkylation sites (N-methyl/N-ethyl adjacent to an activating group) is 1. The Morgan fingerprint density at radius 3 is 2.38 bits per heavy atom. The van der Waals surface area contributed by atoms with E-state index in [0.717, 1.165) is 18.7 Å². The third-order valence-corrected chi connectivity index (χ3v) is 5.12. The van der Waals surface area contributed by atoms with E-state index in [1.807, 2.05) is 48.3 Å². The van der Waals surface area contributed by atoms with Crippen LogP contribution in [-0.2, 0) is 4.79 Å². The number of para-hydroxylation sites is 2. The number of carbonyl (C=O) groups is 2. The maximum Gasteiger partial charge on any atom is 0.262 e. The first kappa shape index (κ1) is 20.9. The number of hydrogen-bond acceptors (Lipinski definition) is 4. The number of nitrogens with one attached hydrogen (secondary N) is 1. The molecule has 0 radical (unpaired) electrons. The fraction of sp³-hybridized carbons (Fsp3) is 0.391. The molecule has 1 aliphatic rings. The maximum absolute atomic E-state index is 12.9. The minimum Gasteiger partial charge on any atom is -0.483 e. The molecule has 2 amide bonds. The Bertz CT molecular complexity index is 858. The molecule has 2 aromatic rings. The van der Waals surface area contributed by atoms with E-state index in [9.17, 15) is 9.59 Å². The predicted octanol–water partition coefficient (Wildman–Crippen LogP) is 3.22. The van der Waals surface area contributed by atoms with Crippen LogP contribution < -0.4 is 10.1 Å². The summed E-state index contributed by atoms with van der Waals surface area (Å²) in [6.07, 6.45) is 0. The van der Waals surface area contributed by atoms with Crippen LogP contribution in [0.4, 0.5) is 5.69 Å². The van der Waals surface area contributed by atoms with Crippen molar-refractivity contribution in [3.05, 3.63) is 59.7 Å². The van der Waals surface area contributed by atoms with Gasteiger partial charge in [-0.2, -0.15) is 0 Å². The first-order valence-electron chi connectivity index (χ1n) is 10.0. The van der Waals surface area contributed by atoms with Crippen molar-refractivity contribution >= 4 is 17.5 Å². The van der Waals surface area contributed by atoms with Gasteiger partial charge in [-0.3, -0.25) is 9.59 Å². The number of amides is 2. The second-order valence-corrected chi connectivity index (χ2v) is 7.67. The van der Waals surface area contributed by atoms with Crippen LogP contribution in [0.25, 0.3) is 0 Å². The summed E-state index contributed by atoms with van der Waals surface area (Å²) in [4.78, 5) is 29.5. The zero-order valence-electron chi connectivity index (χ0n) is 17.4. The van der Waals surface area contributed by atoms with Gasteiger partial charge < -0.3 is 19.9 Å². The molecule has 0 aliphatic carbocycles. The number of anilines is 1. The summed E-state index contributed by atoms with van der Waals surface area (Å²) in [7, 11) is 2.05. The molecule has 0 saturated carbocycles. The number of carbonyl (C=O) groups excluding carboxylic acids is 2. The monoisotopic (exact) mass is 395 g/mol. The van der Waals surface area contributed by atoms with Gasteiger partial charge in [-0.05, 0) is 36.7 Å². The third-order valence-electron chi connectivity index (χ3n) is 5.12. The Balaban J connectivity index is 1.65. The van der Waals surface area contributed by atoms with Gasteiger partial charge in [-0.15, -0.1) is 0 Å². The molecule has 1 aliphatic heterocycles. The van der Waals surface area contributed by atoms with E-state index in [1.54, 1.807) is 12.1 Å². The highest BCUT2D eigenvalue weighted by Crippen LogP contribution is 2.26. The second-order valence-electron chi connectivity index (χ2n) is 7.67. The van der Waals surface area contributed by atoms with Crippen molar-refractivity contribution < 1.29 is 14.3 Å². The topological polar surface area (TPSA) is 61.9 Å². The lowest BCUT2D eigenvalue weighted by Gasteiger charge is -2.32. The summed E-state index contributed by atoms with van der Waals surface area (Å²) >= 11 is 0. The number of ether oxygens (including phenoxy) is 1. The van der Waals surface area contributed by atoms with Gasteiger partial charge in [0, 0.05) is 26.2 Å². The van der Waals surface area contributed by atoms with Gasteiger partial charge in [0.15, 0.2) is 6.61 Å². The highest BCUT2D eigenvalue weighted by atomic mass is 16.5. The minimum absolute atomic E-state index is 0.0555. The Kier molecular flexibility index (Phi) is 6.88. The van der Waals surface area contributed by atoms with E-state index in [4.69, 9.17) is 4.74 Å². The van der Waals surface area contributed by atoms with Gasteiger partial charge in [-0.1, -0.05) is 44.2 Å². The fourth-order valence-electron chi connectivity index (χ4n) is 3.38. The van der Waals surface area contributed by atoms with E-state index >= 15 is 0 Å². The van der Waals surface area contributed by atoms with Gasteiger partial charge in [0.25, 0.3) is 11.8 Å². The maximum atomic E-state index is 12.9. The number of hydrogen-bond donors (Lipinski definition) is 1. The largest absolute Gasteiger partial charge is 0.483 e. The summed E-state index contributed by atoms with van der Waals surface area (Å²) in [5.74, 6) is 0.665. The molecule has 154 valence electrons. The van der Waals surface area contributed by atoms with Gasteiger partial charge in [-0.25, -0.2) is 0 Å². The third kappa shape index (κ3) is 5.35. The molecule has 29 heavy (non-hydrogen) atoms. The number of benzene rings is 2. The molecule has 6 heteroatoms. The standard InChI is InChI=1S/C23H29N3O3/c1-17(2)18-8-5-7-11-21(18)29-16-22(27)24-20-10-6-4-9-19(20)23(28)26-14-12-25(3)13-15-26/h4-11,17H,12-16H2,1-3H3,(H,24,27). The molecule has 6 nitrogen and oxygen atoms in total. The summed E-state index contributed by atoms with van der Waals surface area (Å²) in [5, 5.41) is 2.84. The highest BCUT2D eigenvalue weighted by Gasteiger charge is 2.23. The average Bonchev–Trinajstić information content (AvgIpc) is 2.73. The van der Waals surface area contributed by atoms with Crippen LogP contribution in [0.2, 0.25) is 0 Å². The van der Waals surface area contributed by atoms with Crippen molar-refractivity contribution in [1.29, 1.82) is 0 Å². The fourth-order valence-corrected chi connectivity index (χ4v) is 3.38. The Morgan fingerprint density at radius 2 is 1.66 bits per heavy atom. The number of nitrogens with zero attached hydrogens (tertiary/aromatic N) is 2. The summed E-state index contributed by atoms with van der Waals surface area (Å²) < 4.78 is 5.75. The van der Waals surface area contributed by atoms with Crippen LogP contribution in [0.1, 0.15) is 35.7 Å².